The van der Waals surface area contributed by atoms with Crippen molar-refractivity contribution in [3.05, 3.63) is 51.8 Å². The Morgan fingerprint density at radius 1 is 1.20 bits per heavy atom. The first-order valence-electron chi connectivity index (χ1n) is 8.52. The lowest BCUT2D eigenvalue weighted by molar-refractivity contribution is -0.00123. The molecule has 4 rings (SSSR count). The number of carbonyl (C=O) groups is 1. The zero-order valence-electron chi connectivity index (χ0n) is 14.2. The minimum atomic E-state index is -0.0351. The number of nitrogens with zero attached hydrogens (tertiary/aromatic N) is 4. The minimum Gasteiger partial charge on any atom is -0.365 e. The Hall–Kier alpha value is -1.70. The molecule has 6 nitrogen and oxygen atoms in total. The molecular weight excluding hydrogens is 384 g/mol. The number of benzene rings is 1. The zero-order chi connectivity index (χ0) is 17.4. The van der Waals surface area contributed by atoms with Crippen LogP contribution in [0.5, 0.6) is 0 Å². The Kier molecular flexibility index (Phi) is 4.62. The van der Waals surface area contributed by atoms with E-state index in [0.29, 0.717) is 18.8 Å². The van der Waals surface area contributed by atoms with E-state index >= 15 is 0 Å². The fourth-order valence-corrected chi connectivity index (χ4v) is 3.54. The highest BCUT2D eigenvalue weighted by Crippen LogP contribution is 2.27. The van der Waals surface area contributed by atoms with E-state index in [1.165, 1.54) is 0 Å². The van der Waals surface area contributed by atoms with Crippen molar-refractivity contribution in [3.63, 3.8) is 0 Å². The predicted molar refractivity (Wildman–Crippen MR) is 97.3 cm³/mol. The molecule has 0 unspecified atom stereocenters. The van der Waals surface area contributed by atoms with Crippen molar-refractivity contribution in [3.8, 4) is 0 Å². The fourth-order valence-electron chi connectivity index (χ4n) is 3.28. The van der Waals surface area contributed by atoms with Gasteiger partial charge in [-0.25, -0.2) is 0 Å². The number of rotatable bonds is 2. The molecule has 1 amide bonds. The Labute approximate surface area is 155 Å². The summed E-state index contributed by atoms with van der Waals surface area (Å²) in [6.07, 6.45) is -0.0351. The molecular formula is C18H21BrN4O2. The van der Waals surface area contributed by atoms with Crippen LogP contribution in [-0.2, 0) is 17.9 Å². The Morgan fingerprint density at radius 3 is 2.64 bits per heavy atom. The molecule has 0 bridgehead atoms. The Balaban J connectivity index is 1.48. The van der Waals surface area contributed by atoms with Crippen LogP contribution in [-0.4, -0.2) is 58.7 Å². The van der Waals surface area contributed by atoms with Crippen LogP contribution in [0.1, 0.15) is 27.8 Å². The van der Waals surface area contributed by atoms with Gasteiger partial charge in [0.25, 0.3) is 5.91 Å². The summed E-state index contributed by atoms with van der Waals surface area (Å²) < 4.78 is 8.94. The van der Waals surface area contributed by atoms with E-state index in [1.807, 2.05) is 27.8 Å². The predicted octanol–water partition coefficient (Wildman–Crippen LogP) is 2.30. The smallest absolute Gasteiger partial charge is 0.274 e. The molecule has 0 aliphatic carbocycles. The van der Waals surface area contributed by atoms with E-state index in [4.69, 9.17) is 4.74 Å². The number of ether oxygens (including phenoxy) is 1. The largest absolute Gasteiger partial charge is 0.365 e. The summed E-state index contributed by atoms with van der Waals surface area (Å²) in [4.78, 5) is 16.8. The molecule has 3 heterocycles. The SMILES string of the molecule is CN1CCN(C(=O)c2cc3n(n2)C[C@H](c2ccc(Br)cc2)OC3)CC1. The lowest BCUT2D eigenvalue weighted by Crippen LogP contribution is -2.47. The Morgan fingerprint density at radius 2 is 1.92 bits per heavy atom. The number of likely N-dealkylation sites (N-methyl/N-ethyl adjacent to an activating group) is 1. The van der Waals surface area contributed by atoms with Crippen LogP contribution in [0.25, 0.3) is 0 Å². The third-order valence-electron chi connectivity index (χ3n) is 4.89. The molecule has 0 radical (unpaired) electrons. The van der Waals surface area contributed by atoms with Crippen LogP contribution in [0.2, 0.25) is 0 Å². The van der Waals surface area contributed by atoms with Gasteiger partial charge in [0.15, 0.2) is 5.69 Å². The number of aromatic nitrogens is 2. The van der Waals surface area contributed by atoms with Crippen molar-refractivity contribution >= 4 is 21.8 Å². The first kappa shape index (κ1) is 16.8. The molecule has 25 heavy (non-hydrogen) atoms. The first-order valence-corrected chi connectivity index (χ1v) is 9.31. The monoisotopic (exact) mass is 404 g/mol. The highest BCUT2D eigenvalue weighted by atomic mass is 79.9. The summed E-state index contributed by atoms with van der Waals surface area (Å²) in [7, 11) is 2.08. The number of hydrogen-bond donors (Lipinski definition) is 0. The number of amides is 1. The highest BCUT2D eigenvalue weighted by Gasteiger charge is 2.27. The second-order valence-corrected chi connectivity index (χ2v) is 7.57. The van der Waals surface area contributed by atoms with Gasteiger partial charge in [-0.15, -0.1) is 0 Å². The van der Waals surface area contributed by atoms with Crippen molar-refractivity contribution in [1.29, 1.82) is 0 Å². The summed E-state index contributed by atoms with van der Waals surface area (Å²) in [5, 5.41) is 4.56. The maximum Gasteiger partial charge on any atom is 0.274 e. The number of fused-ring (bicyclic) bond motifs is 1. The fraction of sp³-hybridized carbons (Fsp3) is 0.444. The van der Waals surface area contributed by atoms with Crippen LogP contribution < -0.4 is 0 Å². The van der Waals surface area contributed by atoms with Gasteiger partial charge in [0.2, 0.25) is 0 Å². The van der Waals surface area contributed by atoms with E-state index in [9.17, 15) is 4.79 Å². The second-order valence-electron chi connectivity index (χ2n) is 6.65. The number of halogens is 1. The molecule has 1 fully saturated rings. The Bertz CT molecular complexity index is 766. The van der Waals surface area contributed by atoms with Crippen LogP contribution in [0.3, 0.4) is 0 Å². The van der Waals surface area contributed by atoms with E-state index in [0.717, 1.165) is 41.9 Å². The van der Waals surface area contributed by atoms with Gasteiger partial charge in [-0.2, -0.15) is 5.10 Å². The van der Waals surface area contributed by atoms with Gasteiger partial charge in [-0.05, 0) is 30.8 Å². The maximum absolute atomic E-state index is 12.7. The molecule has 1 saturated heterocycles. The van der Waals surface area contributed by atoms with Crippen molar-refractivity contribution in [1.82, 2.24) is 19.6 Å². The van der Waals surface area contributed by atoms with Gasteiger partial charge in [0.05, 0.1) is 18.8 Å². The molecule has 7 heteroatoms. The molecule has 2 aromatic rings. The second kappa shape index (κ2) is 6.90. The highest BCUT2D eigenvalue weighted by molar-refractivity contribution is 9.10. The van der Waals surface area contributed by atoms with Gasteiger partial charge < -0.3 is 14.5 Å². The number of carbonyl (C=O) groups excluding carboxylic acids is 1. The van der Waals surface area contributed by atoms with Crippen LogP contribution in [0.4, 0.5) is 0 Å². The summed E-state index contributed by atoms with van der Waals surface area (Å²) >= 11 is 3.45. The van der Waals surface area contributed by atoms with Crippen molar-refractivity contribution in [2.75, 3.05) is 33.2 Å². The normalized spacial score (nSPS) is 21.2. The number of hydrogen-bond acceptors (Lipinski definition) is 4. The lowest BCUT2D eigenvalue weighted by Gasteiger charge is -2.31. The van der Waals surface area contributed by atoms with Crippen LogP contribution >= 0.6 is 15.9 Å². The standard InChI is InChI=1S/C18H21BrN4O2/c1-21-6-8-22(9-7-21)18(24)16-10-15-12-25-17(11-23(15)20-16)13-2-4-14(19)5-3-13/h2-5,10,17H,6-9,11-12H2,1H3/t17-/m1/s1. The molecule has 1 aromatic carbocycles. The van der Waals surface area contributed by atoms with Crippen molar-refractivity contribution < 1.29 is 9.53 Å². The van der Waals surface area contributed by atoms with Crippen molar-refractivity contribution in [2.45, 2.75) is 19.3 Å². The van der Waals surface area contributed by atoms with Gasteiger partial charge in [0.1, 0.15) is 6.10 Å². The molecule has 1 atom stereocenters. The number of piperazine rings is 1. The lowest BCUT2D eigenvalue weighted by atomic mass is 10.1. The van der Waals surface area contributed by atoms with Crippen LogP contribution in [0.15, 0.2) is 34.8 Å². The first-order chi connectivity index (χ1) is 12.1. The molecule has 0 N–H and O–H groups in total. The van der Waals surface area contributed by atoms with Crippen molar-refractivity contribution in [2.24, 2.45) is 0 Å². The topological polar surface area (TPSA) is 50.6 Å². The van der Waals surface area contributed by atoms with E-state index < -0.39 is 0 Å². The van der Waals surface area contributed by atoms with E-state index in [-0.39, 0.29) is 12.0 Å². The average molecular weight is 405 g/mol. The minimum absolute atomic E-state index is 0.0233. The molecule has 0 saturated carbocycles. The average Bonchev–Trinajstić information content (AvgIpc) is 3.05. The van der Waals surface area contributed by atoms with Gasteiger partial charge in [0, 0.05) is 30.7 Å². The quantitative estimate of drug-likeness (QED) is 0.770. The molecule has 0 spiro atoms. The molecule has 2 aliphatic rings. The molecule has 1 aromatic heterocycles. The van der Waals surface area contributed by atoms with Gasteiger partial charge in [-0.3, -0.25) is 9.48 Å². The zero-order valence-corrected chi connectivity index (χ0v) is 15.8. The summed E-state index contributed by atoms with van der Waals surface area (Å²) in [6.45, 7) is 4.45. The van der Waals surface area contributed by atoms with Gasteiger partial charge >= 0.3 is 0 Å². The third kappa shape index (κ3) is 3.49. The van der Waals surface area contributed by atoms with Gasteiger partial charge in [-0.1, -0.05) is 28.1 Å². The summed E-state index contributed by atoms with van der Waals surface area (Å²) in [5.41, 5.74) is 2.61. The summed E-state index contributed by atoms with van der Waals surface area (Å²) in [6, 6.07) is 10.0. The summed E-state index contributed by atoms with van der Waals surface area (Å²) in [5.74, 6) is 0.0233. The van der Waals surface area contributed by atoms with Crippen LogP contribution in [0, 0.1) is 0 Å². The van der Waals surface area contributed by atoms with E-state index in [2.05, 4.69) is 45.1 Å². The molecule has 132 valence electrons. The maximum atomic E-state index is 12.7. The van der Waals surface area contributed by atoms with E-state index in [1.54, 1.807) is 0 Å². The third-order valence-corrected chi connectivity index (χ3v) is 5.41. The molecule has 2 aliphatic heterocycles.